The summed E-state index contributed by atoms with van der Waals surface area (Å²) in [7, 11) is 3.41. The number of nitrogens with zero attached hydrogens (tertiary/aromatic N) is 3. The Morgan fingerprint density at radius 2 is 2.19 bits per heavy atom. The maximum absolute atomic E-state index is 6.08. The minimum absolute atomic E-state index is 0.425. The van der Waals surface area contributed by atoms with Crippen LogP contribution in [0.4, 0.5) is 11.8 Å². The molecule has 1 aromatic carbocycles. The SMILES string of the molecule is CNc1ncc(-c2ccc(OC)c(OCCCN3CCC(C)C3)c2)c(N)n1. The average Bonchev–Trinajstić information content (AvgIpc) is 3.10. The van der Waals surface area contributed by atoms with Crippen molar-refractivity contribution in [1.29, 1.82) is 0 Å². The lowest BCUT2D eigenvalue weighted by atomic mass is 10.1. The number of ether oxygens (including phenoxy) is 2. The van der Waals surface area contributed by atoms with Crippen molar-refractivity contribution in [1.82, 2.24) is 14.9 Å². The van der Waals surface area contributed by atoms with Crippen LogP contribution in [0.1, 0.15) is 19.8 Å². The smallest absolute Gasteiger partial charge is 0.224 e. The summed E-state index contributed by atoms with van der Waals surface area (Å²) in [5, 5.41) is 2.89. The van der Waals surface area contributed by atoms with Crippen LogP contribution in [0.2, 0.25) is 0 Å². The highest BCUT2D eigenvalue weighted by Crippen LogP contribution is 2.34. The maximum atomic E-state index is 6.08. The molecule has 1 aromatic heterocycles. The van der Waals surface area contributed by atoms with Gasteiger partial charge in [0.15, 0.2) is 11.5 Å². The number of anilines is 2. The summed E-state index contributed by atoms with van der Waals surface area (Å²) in [6, 6.07) is 5.76. The van der Waals surface area contributed by atoms with Crippen LogP contribution in [0.15, 0.2) is 24.4 Å². The van der Waals surface area contributed by atoms with Crippen molar-refractivity contribution in [3.63, 3.8) is 0 Å². The van der Waals surface area contributed by atoms with E-state index in [0.29, 0.717) is 29.9 Å². The number of nitrogens with one attached hydrogen (secondary N) is 1. The van der Waals surface area contributed by atoms with Gasteiger partial charge in [-0.2, -0.15) is 4.98 Å². The monoisotopic (exact) mass is 371 g/mol. The quantitative estimate of drug-likeness (QED) is 0.690. The molecule has 0 aliphatic carbocycles. The number of rotatable bonds is 8. The van der Waals surface area contributed by atoms with E-state index >= 15 is 0 Å². The molecule has 1 unspecified atom stereocenters. The van der Waals surface area contributed by atoms with Crippen LogP contribution in [0.25, 0.3) is 11.1 Å². The molecule has 1 saturated heterocycles. The zero-order valence-electron chi connectivity index (χ0n) is 16.4. The van der Waals surface area contributed by atoms with Crippen molar-refractivity contribution in [2.45, 2.75) is 19.8 Å². The van der Waals surface area contributed by atoms with Crippen molar-refractivity contribution >= 4 is 11.8 Å². The van der Waals surface area contributed by atoms with E-state index in [1.54, 1.807) is 20.4 Å². The molecular formula is C20H29N5O2. The lowest BCUT2D eigenvalue weighted by molar-refractivity contribution is 0.251. The molecule has 0 amide bonds. The Hall–Kier alpha value is -2.54. The Morgan fingerprint density at radius 3 is 2.85 bits per heavy atom. The van der Waals surface area contributed by atoms with E-state index in [9.17, 15) is 0 Å². The van der Waals surface area contributed by atoms with Crippen LogP contribution in [0.3, 0.4) is 0 Å². The normalized spacial score (nSPS) is 17.1. The van der Waals surface area contributed by atoms with Crippen LogP contribution >= 0.6 is 0 Å². The molecule has 7 heteroatoms. The second-order valence-corrected chi connectivity index (χ2v) is 7.00. The number of benzene rings is 1. The first-order chi connectivity index (χ1) is 13.1. The fourth-order valence-corrected chi connectivity index (χ4v) is 3.39. The number of likely N-dealkylation sites (tertiary alicyclic amines) is 1. The number of aromatic nitrogens is 2. The molecule has 3 N–H and O–H groups in total. The molecule has 0 bridgehead atoms. The molecule has 0 saturated carbocycles. The third kappa shape index (κ3) is 4.80. The van der Waals surface area contributed by atoms with E-state index in [2.05, 4.69) is 27.1 Å². The van der Waals surface area contributed by atoms with Gasteiger partial charge < -0.3 is 25.4 Å². The number of nitrogens with two attached hydrogens (primary N) is 1. The van der Waals surface area contributed by atoms with Gasteiger partial charge >= 0.3 is 0 Å². The first-order valence-corrected chi connectivity index (χ1v) is 9.44. The van der Waals surface area contributed by atoms with E-state index in [1.165, 1.54) is 19.5 Å². The summed E-state index contributed by atoms with van der Waals surface area (Å²) >= 11 is 0. The molecule has 27 heavy (non-hydrogen) atoms. The Labute approximate surface area is 160 Å². The van der Waals surface area contributed by atoms with Crippen molar-refractivity contribution in [3.05, 3.63) is 24.4 Å². The summed E-state index contributed by atoms with van der Waals surface area (Å²) < 4.78 is 11.5. The molecule has 0 radical (unpaired) electrons. The van der Waals surface area contributed by atoms with E-state index in [0.717, 1.165) is 30.0 Å². The van der Waals surface area contributed by atoms with Gasteiger partial charge in [0.2, 0.25) is 5.95 Å². The van der Waals surface area contributed by atoms with E-state index in [-0.39, 0.29) is 0 Å². The first kappa shape index (κ1) is 19.2. The van der Waals surface area contributed by atoms with Crippen molar-refractivity contribution in [3.8, 4) is 22.6 Å². The minimum atomic E-state index is 0.425. The minimum Gasteiger partial charge on any atom is -0.493 e. The van der Waals surface area contributed by atoms with Gasteiger partial charge in [-0.3, -0.25) is 0 Å². The molecule has 3 rings (SSSR count). The fraction of sp³-hybridized carbons (Fsp3) is 0.500. The Bertz CT molecular complexity index is 768. The zero-order chi connectivity index (χ0) is 19.2. The van der Waals surface area contributed by atoms with E-state index in [1.807, 2.05) is 18.2 Å². The maximum Gasteiger partial charge on any atom is 0.224 e. The van der Waals surface area contributed by atoms with Crippen molar-refractivity contribution in [2.75, 3.05) is 51.4 Å². The second kappa shape index (κ2) is 8.90. The van der Waals surface area contributed by atoms with E-state index < -0.39 is 0 Å². The molecule has 1 aliphatic heterocycles. The lowest BCUT2D eigenvalue weighted by Gasteiger charge is -2.16. The summed E-state index contributed by atoms with van der Waals surface area (Å²) in [5.41, 5.74) is 7.76. The van der Waals surface area contributed by atoms with Gasteiger partial charge in [-0.15, -0.1) is 0 Å². The molecule has 2 aromatic rings. The predicted molar refractivity (Wildman–Crippen MR) is 108 cm³/mol. The highest BCUT2D eigenvalue weighted by atomic mass is 16.5. The van der Waals surface area contributed by atoms with Crippen molar-refractivity contribution < 1.29 is 9.47 Å². The fourth-order valence-electron chi connectivity index (χ4n) is 3.39. The van der Waals surface area contributed by atoms with Crippen LogP contribution < -0.4 is 20.5 Å². The molecule has 1 atom stereocenters. The average molecular weight is 371 g/mol. The predicted octanol–water partition coefficient (Wildman–Crippen LogP) is 2.89. The summed E-state index contributed by atoms with van der Waals surface area (Å²) in [4.78, 5) is 11.0. The van der Waals surface area contributed by atoms with Crippen LogP contribution in [-0.4, -0.2) is 55.3 Å². The summed E-state index contributed by atoms with van der Waals surface area (Å²) in [6.07, 6.45) is 4.00. The highest BCUT2D eigenvalue weighted by molar-refractivity contribution is 5.75. The standard InChI is InChI=1S/C20H29N5O2/c1-14-7-9-25(13-14)8-4-10-27-18-11-15(5-6-17(18)26-3)16-12-23-20(22-2)24-19(16)21/h5-6,11-12,14H,4,7-10,13H2,1-3H3,(H3,21,22,23,24). The molecule has 146 valence electrons. The van der Waals surface area contributed by atoms with Gasteiger partial charge in [-0.05, 0) is 43.0 Å². The highest BCUT2D eigenvalue weighted by Gasteiger charge is 2.18. The molecule has 7 nitrogen and oxygen atoms in total. The Kier molecular flexibility index (Phi) is 6.34. The van der Waals surface area contributed by atoms with Crippen LogP contribution in [0.5, 0.6) is 11.5 Å². The molecule has 0 spiro atoms. The van der Waals surface area contributed by atoms with Gasteiger partial charge in [-0.25, -0.2) is 4.98 Å². The number of hydrogen-bond acceptors (Lipinski definition) is 7. The van der Waals surface area contributed by atoms with Gasteiger partial charge in [0.25, 0.3) is 0 Å². The lowest BCUT2D eigenvalue weighted by Crippen LogP contribution is -2.23. The zero-order valence-corrected chi connectivity index (χ0v) is 16.4. The number of nitrogen functional groups attached to an aromatic ring is 1. The molecule has 1 aliphatic rings. The number of hydrogen-bond donors (Lipinski definition) is 2. The Balaban J connectivity index is 1.66. The second-order valence-electron chi connectivity index (χ2n) is 7.00. The molecule has 1 fully saturated rings. The third-order valence-corrected chi connectivity index (χ3v) is 4.90. The first-order valence-electron chi connectivity index (χ1n) is 9.44. The van der Waals surface area contributed by atoms with Gasteiger partial charge in [0.05, 0.1) is 13.7 Å². The largest absolute Gasteiger partial charge is 0.493 e. The van der Waals surface area contributed by atoms with Gasteiger partial charge in [0, 0.05) is 31.9 Å². The summed E-state index contributed by atoms with van der Waals surface area (Å²) in [5.74, 6) is 3.15. The summed E-state index contributed by atoms with van der Waals surface area (Å²) in [6.45, 7) is 6.42. The molecular weight excluding hydrogens is 342 g/mol. The third-order valence-electron chi connectivity index (χ3n) is 4.90. The van der Waals surface area contributed by atoms with Gasteiger partial charge in [0.1, 0.15) is 5.82 Å². The Morgan fingerprint density at radius 1 is 1.33 bits per heavy atom. The molecule has 2 heterocycles. The van der Waals surface area contributed by atoms with E-state index in [4.69, 9.17) is 15.2 Å². The number of methoxy groups -OCH3 is 1. The van der Waals surface area contributed by atoms with Crippen molar-refractivity contribution in [2.24, 2.45) is 5.92 Å². The van der Waals surface area contributed by atoms with Crippen LogP contribution in [0, 0.1) is 5.92 Å². The van der Waals surface area contributed by atoms with Crippen LogP contribution in [-0.2, 0) is 0 Å². The topological polar surface area (TPSA) is 85.5 Å². The van der Waals surface area contributed by atoms with Gasteiger partial charge in [-0.1, -0.05) is 13.0 Å².